The van der Waals surface area contributed by atoms with Crippen molar-refractivity contribution in [2.75, 3.05) is 0 Å². The quantitative estimate of drug-likeness (QED) is 0.630. The van der Waals surface area contributed by atoms with Gasteiger partial charge in [-0.1, -0.05) is 50.2 Å². The smallest absolute Gasteiger partial charge is 0.0991 e. The Morgan fingerprint density at radius 1 is 0.870 bits per heavy atom. The van der Waals surface area contributed by atoms with Crippen LogP contribution in [0.5, 0.6) is 0 Å². The van der Waals surface area contributed by atoms with Gasteiger partial charge >= 0.3 is 0 Å². The molecule has 1 aliphatic carbocycles. The third-order valence-corrected chi connectivity index (χ3v) is 5.20. The minimum atomic E-state index is 0.538. The first-order chi connectivity index (χ1) is 11.2. The van der Waals surface area contributed by atoms with Crippen LogP contribution in [-0.2, 0) is 0 Å². The van der Waals surface area contributed by atoms with E-state index >= 15 is 0 Å². The molecule has 2 aromatic carbocycles. The van der Waals surface area contributed by atoms with Crippen LogP contribution in [0.15, 0.2) is 48.5 Å². The fourth-order valence-electron chi connectivity index (χ4n) is 3.23. The van der Waals surface area contributed by atoms with Crippen molar-refractivity contribution in [1.82, 2.24) is 0 Å². The predicted molar refractivity (Wildman–Crippen MR) is 95.6 cm³/mol. The van der Waals surface area contributed by atoms with Crippen molar-refractivity contribution in [3.05, 3.63) is 70.8 Å². The van der Waals surface area contributed by atoms with Gasteiger partial charge in [0.15, 0.2) is 0 Å². The normalized spacial score (nSPS) is 16.6. The van der Waals surface area contributed by atoms with Crippen LogP contribution in [0.3, 0.4) is 0 Å². The van der Waals surface area contributed by atoms with Gasteiger partial charge in [-0.15, -0.1) is 0 Å². The lowest BCUT2D eigenvalue weighted by Crippen LogP contribution is -1.99. The molecule has 1 fully saturated rings. The zero-order valence-corrected chi connectivity index (χ0v) is 14.1. The van der Waals surface area contributed by atoms with E-state index in [0.29, 0.717) is 11.8 Å². The second-order valence-electron chi connectivity index (χ2n) is 7.05. The van der Waals surface area contributed by atoms with Crippen molar-refractivity contribution in [1.29, 1.82) is 5.26 Å². The van der Waals surface area contributed by atoms with Crippen LogP contribution in [0.4, 0.5) is 0 Å². The molecule has 118 valence electrons. The van der Waals surface area contributed by atoms with Gasteiger partial charge in [0.25, 0.3) is 0 Å². The molecule has 0 bridgehead atoms. The third kappa shape index (κ3) is 4.02. The van der Waals surface area contributed by atoms with Gasteiger partial charge in [0, 0.05) is 0 Å². The summed E-state index contributed by atoms with van der Waals surface area (Å²) >= 11 is 0. The summed E-state index contributed by atoms with van der Waals surface area (Å²) in [5, 5.41) is 8.88. The summed E-state index contributed by atoms with van der Waals surface area (Å²) in [6, 6.07) is 19.5. The molecule has 0 heterocycles. The third-order valence-electron chi connectivity index (χ3n) is 5.20. The molecule has 0 radical (unpaired) electrons. The number of benzene rings is 2. The molecule has 1 heteroatoms. The molecule has 0 aromatic heterocycles. The molecule has 0 aliphatic heterocycles. The lowest BCUT2D eigenvalue weighted by molar-refractivity contribution is 0.573. The Balaban J connectivity index is 1.54. The van der Waals surface area contributed by atoms with E-state index in [4.69, 9.17) is 5.26 Å². The van der Waals surface area contributed by atoms with Gasteiger partial charge in [-0.3, -0.25) is 0 Å². The summed E-state index contributed by atoms with van der Waals surface area (Å²) in [7, 11) is 0. The van der Waals surface area contributed by atoms with E-state index in [0.717, 1.165) is 11.5 Å². The van der Waals surface area contributed by atoms with Gasteiger partial charge in [-0.2, -0.15) is 5.26 Å². The molecule has 3 rings (SSSR count). The largest absolute Gasteiger partial charge is 0.192 e. The molecule has 2 aromatic rings. The van der Waals surface area contributed by atoms with Gasteiger partial charge in [0.1, 0.15) is 0 Å². The number of nitrogens with zero attached hydrogens (tertiary/aromatic N) is 1. The highest BCUT2D eigenvalue weighted by Crippen LogP contribution is 2.40. The number of hydrogen-bond acceptors (Lipinski definition) is 1. The van der Waals surface area contributed by atoms with E-state index in [9.17, 15) is 0 Å². The zero-order valence-electron chi connectivity index (χ0n) is 14.1. The molecule has 1 aliphatic rings. The first-order valence-electron chi connectivity index (χ1n) is 8.77. The van der Waals surface area contributed by atoms with Gasteiger partial charge < -0.3 is 0 Å². The van der Waals surface area contributed by atoms with Crippen LogP contribution in [0, 0.1) is 11.3 Å². The van der Waals surface area contributed by atoms with E-state index in [1.807, 2.05) is 12.1 Å². The molecular weight excluding hydrogens is 278 g/mol. The molecule has 1 nitrogen and oxygen atoms in total. The molecule has 0 amide bonds. The predicted octanol–water partition coefficient (Wildman–Crippen LogP) is 6.12. The lowest BCUT2D eigenvalue weighted by atomic mass is 9.88. The maximum absolute atomic E-state index is 8.88. The first-order valence-corrected chi connectivity index (χ1v) is 8.77. The Hall–Kier alpha value is -2.07. The number of nitriles is 1. The first kappa shape index (κ1) is 15.8. The van der Waals surface area contributed by atoms with Crippen molar-refractivity contribution in [2.45, 2.75) is 57.3 Å². The Kier molecular flexibility index (Phi) is 4.82. The Bertz CT molecular complexity index is 671. The minimum absolute atomic E-state index is 0.538. The summed E-state index contributed by atoms with van der Waals surface area (Å²) in [4.78, 5) is 0. The van der Waals surface area contributed by atoms with Crippen LogP contribution in [0.2, 0.25) is 0 Å². The summed E-state index contributed by atoms with van der Waals surface area (Å²) in [5.41, 5.74) is 5.05. The highest BCUT2D eigenvalue weighted by molar-refractivity contribution is 5.33. The van der Waals surface area contributed by atoms with Crippen molar-refractivity contribution < 1.29 is 0 Å². The average Bonchev–Trinajstić information content (AvgIpc) is 3.44. The lowest BCUT2D eigenvalue weighted by Gasteiger charge is -2.17. The fourth-order valence-corrected chi connectivity index (χ4v) is 3.23. The van der Waals surface area contributed by atoms with Crippen LogP contribution in [-0.4, -0.2) is 0 Å². The van der Waals surface area contributed by atoms with Crippen molar-refractivity contribution in [2.24, 2.45) is 0 Å². The van der Waals surface area contributed by atoms with Crippen LogP contribution in [0.25, 0.3) is 0 Å². The summed E-state index contributed by atoms with van der Waals surface area (Å²) < 4.78 is 0. The summed E-state index contributed by atoms with van der Waals surface area (Å²) in [5.74, 6) is 1.98. The van der Waals surface area contributed by atoms with Crippen LogP contribution >= 0.6 is 0 Å². The molecule has 1 saturated carbocycles. The maximum atomic E-state index is 8.88. The highest BCUT2D eigenvalue weighted by Gasteiger charge is 2.23. The summed E-state index contributed by atoms with van der Waals surface area (Å²) in [6.45, 7) is 4.61. The van der Waals surface area contributed by atoms with Crippen molar-refractivity contribution in [3.8, 4) is 6.07 Å². The maximum Gasteiger partial charge on any atom is 0.0991 e. The molecule has 2 atom stereocenters. The standard InChI is InChI=1S/C22H25N/c1-16(19-7-5-18(15-23)6-8-19)3-4-17(2)20-9-11-21(12-10-20)22-13-14-22/h5-12,16-17,22H,3-4,13-14H2,1-2H3. The van der Waals surface area contributed by atoms with Gasteiger partial charge in [-0.05, 0) is 72.3 Å². The Morgan fingerprint density at radius 2 is 1.35 bits per heavy atom. The second kappa shape index (κ2) is 7.01. The topological polar surface area (TPSA) is 23.8 Å². The van der Waals surface area contributed by atoms with Gasteiger partial charge in [0.2, 0.25) is 0 Å². The SMILES string of the molecule is CC(CCC(C)c1ccc(C2CC2)cc1)c1ccc(C#N)cc1. The Labute approximate surface area is 140 Å². The van der Waals surface area contributed by atoms with E-state index in [2.05, 4.69) is 56.3 Å². The van der Waals surface area contributed by atoms with E-state index in [-0.39, 0.29) is 0 Å². The molecule has 0 spiro atoms. The average molecular weight is 303 g/mol. The van der Waals surface area contributed by atoms with E-state index in [1.165, 1.54) is 42.4 Å². The monoisotopic (exact) mass is 303 g/mol. The van der Waals surface area contributed by atoms with Crippen LogP contribution < -0.4 is 0 Å². The second-order valence-corrected chi connectivity index (χ2v) is 7.05. The highest BCUT2D eigenvalue weighted by atomic mass is 14.3. The zero-order chi connectivity index (χ0) is 16.2. The van der Waals surface area contributed by atoms with E-state index in [1.54, 1.807) is 0 Å². The number of hydrogen-bond donors (Lipinski definition) is 0. The molecule has 23 heavy (non-hydrogen) atoms. The molecule has 2 unspecified atom stereocenters. The van der Waals surface area contributed by atoms with Crippen molar-refractivity contribution in [3.63, 3.8) is 0 Å². The minimum Gasteiger partial charge on any atom is -0.192 e. The molecule has 0 N–H and O–H groups in total. The fraction of sp³-hybridized carbons (Fsp3) is 0.409. The van der Waals surface area contributed by atoms with Gasteiger partial charge in [0.05, 0.1) is 11.6 Å². The van der Waals surface area contributed by atoms with Gasteiger partial charge in [-0.25, -0.2) is 0 Å². The number of rotatable bonds is 6. The van der Waals surface area contributed by atoms with E-state index < -0.39 is 0 Å². The van der Waals surface area contributed by atoms with Crippen molar-refractivity contribution >= 4 is 0 Å². The van der Waals surface area contributed by atoms with Crippen LogP contribution in [0.1, 0.15) is 79.5 Å². The molecule has 0 saturated heterocycles. The summed E-state index contributed by atoms with van der Waals surface area (Å²) in [6.07, 6.45) is 5.12. The Morgan fingerprint density at radius 3 is 1.78 bits per heavy atom. The molecular formula is C22H25N.